The topological polar surface area (TPSA) is 89.1 Å². The molecule has 1 aromatic heterocycles. The third-order valence-electron chi connectivity index (χ3n) is 3.76. The molecule has 3 rings (SSSR count). The van der Waals surface area contributed by atoms with Crippen LogP contribution in [0, 0.1) is 0 Å². The van der Waals surface area contributed by atoms with Crippen LogP contribution < -0.4 is 14.8 Å². The quantitative estimate of drug-likeness (QED) is 0.465. The van der Waals surface area contributed by atoms with Gasteiger partial charge in [0.1, 0.15) is 17.3 Å². The number of aromatic nitrogens is 3. The van der Waals surface area contributed by atoms with Crippen molar-refractivity contribution >= 4 is 35.0 Å². The summed E-state index contributed by atoms with van der Waals surface area (Å²) in [5, 5.41) is 10.8. The summed E-state index contributed by atoms with van der Waals surface area (Å²) in [5.74, 6) is 2.61. The van der Waals surface area contributed by atoms with E-state index in [1.807, 2.05) is 26.0 Å². The van der Waals surface area contributed by atoms with Gasteiger partial charge in [-0.25, -0.2) is 4.98 Å². The van der Waals surface area contributed by atoms with Crippen LogP contribution >= 0.6 is 23.4 Å². The van der Waals surface area contributed by atoms with Gasteiger partial charge in [-0.1, -0.05) is 30.3 Å². The lowest BCUT2D eigenvalue weighted by Crippen LogP contribution is -2.14. The Kier molecular flexibility index (Phi) is 7.37. The molecule has 0 saturated heterocycles. The molecule has 0 spiro atoms. The summed E-state index contributed by atoms with van der Waals surface area (Å²) in [6.45, 7) is 4.50. The Morgan fingerprint density at radius 2 is 1.93 bits per heavy atom. The summed E-state index contributed by atoms with van der Waals surface area (Å²) in [5.41, 5.74) is 0.487. The fraction of sp³-hybridized carbons (Fsp3) is 0.250. The number of hydrogen-bond acceptors (Lipinski definition) is 6. The number of nitrogens with zero attached hydrogens (tertiary/aromatic N) is 2. The third kappa shape index (κ3) is 6.13. The van der Waals surface area contributed by atoms with E-state index in [1.165, 1.54) is 11.8 Å². The van der Waals surface area contributed by atoms with Crippen molar-refractivity contribution < 1.29 is 14.3 Å². The minimum Gasteiger partial charge on any atom is -0.494 e. The number of H-pyrrole nitrogens is 1. The van der Waals surface area contributed by atoms with E-state index in [9.17, 15) is 4.79 Å². The van der Waals surface area contributed by atoms with Crippen molar-refractivity contribution in [3.63, 3.8) is 0 Å². The molecule has 0 fully saturated rings. The lowest BCUT2D eigenvalue weighted by Gasteiger charge is -2.13. The zero-order valence-electron chi connectivity index (χ0n) is 16.1. The molecule has 3 aromatic rings. The molecule has 0 unspecified atom stereocenters. The van der Waals surface area contributed by atoms with Crippen molar-refractivity contribution in [1.82, 2.24) is 15.2 Å². The molecule has 152 valence electrons. The first-order valence-electron chi connectivity index (χ1n) is 9.11. The van der Waals surface area contributed by atoms with Gasteiger partial charge in [0, 0.05) is 11.4 Å². The monoisotopic (exact) mass is 432 g/mol. The van der Waals surface area contributed by atoms with Gasteiger partial charge in [0.2, 0.25) is 11.1 Å². The summed E-state index contributed by atoms with van der Waals surface area (Å²) in [6, 6.07) is 12.3. The molecule has 0 atom stereocenters. The first-order chi connectivity index (χ1) is 14.1. The Morgan fingerprint density at radius 1 is 1.17 bits per heavy atom. The SMILES string of the molecule is CCOc1ccc(Oc2ccc(Cl)cc2NC(=O)CSc2n[nH]c(CC)n2)cc1. The minimum atomic E-state index is -0.211. The van der Waals surface area contributed by atoms with Crippen molar-refractivity contribution in [3.8, 4) is 17.2 Å². The summed E-state index contributed by atoms with van der Waals surface area (Å²) >= 11 is 7.35. The van der Waals surface area contributed by atoms with Crippen LogP contribution in [0.25, 0.3) is 0 Å². The largest absolute Gasteiger partial charge is 0.494 e. The molecule has 0 aliphatic heterocycles. The van der Waals surface area contributed by atoms with Gasteiger partial charge in [-0.15, -0.1) is 5.10 Å². The van der Waals surface area contributed by atoms with Crippen molar-refractivity contribution in [2.75, 3.05) is 17.7 Å². The number of carbonyl (C=O) groups excluding carboxylic acids is 1. The van der Waals surface area contributed by atoms with E-state index in [2.05, 4.69) is 20.5 Å². The Bertz CT molecular complexity index is 963. The zero-order valence-corrected chi connectivity index (χ0v) is 17.6. The number of nitrogens with one attached hydrogen (secondary N) is 2. The number of anilines is 1. The third-order valence-corrected chi connectivity index (χ3v) is 4.84. The van der Waals surface area contributed by atoms with Gasteiger partial charge in [0.25, 0.3) is 0 Å². The number of aryl methyl sites for hydroxylation is 1. The van der Waals surface area contributed by atoms with E-state index in [0.29, 0.717) is 34.0 Å². The van der Waals surface area contributed by atoms with E-state index < -0.39 is 0 Å². The molecular weight excluding hydrogens is 412 g/mol. The number of aromatic amines is 1. The van der Waals surface area contributed by atoms with Crippen LogP contribution in [-0.4, -0.2) is 33.4 Å². The predicted octanol–water partition coefficient (Wildman–Crippen LogP) is 4.94. The predicted molar refractivity (Wildman–Crippen MR) is 114 cm³/mol. The Hall–Kier alpha value is -2.71. The van der Waals surface area contributed by atoms with Crippen LogP contribution in [0.2, 0.25) is 5.02 Å². The van der Waals surface area contributed by atoms with Crippen molar-refractivity contribution in [2.24, 2.45) is 0 Å². The van der Waals surface area contributed by atoms with Crippen LogP contribution in [0.4, 0.5) is 5.69 Å². The normalized spacial score (nSPS) is 10.6. The van der Waals surface area contributed by atoms with Crippen molar-refractivity contribution in [2.45, 2.75) is 25.4 Å². The fourth-order valence-corrected chi connectivity index (χ4v) is 3.19. The summed E-state index contributed by atoms with van der Waals surface area (Å²) in [4.78, 5) is 16.7. The highest BCUT2D eigenvalue weighted by Crippen LogP contribution is 2.33. The number of halogens is 1. The molecule has 0 aliphatic rings. The van der Waals surface area contributed by atoms with Crippen LogP contribution in [0.3, 0.4) is 0 Å². The minimum absolute atomic E-state index is 0.163. The number of amides is 1. The maximum atomic E-state index is 12.4. The number of carbonyl (C=O) groups is 1. The molecule has 0 aliphatic carbocycles. The molecule has 0 saturated carbocycles. The zero-order chi connectivity index (χ0) is 20.6. The number of hydrogen-bond donors (Lipinski definition) is 2. The molecule has 29 heavy (non-hydrogen) atoms. The fourth-order valence-electron chi connectivity index (χ4n) is 2.40. The Labute approximate surface area is 178 Å². The highest BCUT2D eigenvalue weighted by atomic mass is 35.5. The Balaban J connectivity index is 1.65. The van der Waals surface area contributed by atoms with Crippen LogP contribution in [-0.2, 0) is 11.2 Å². The molecule has 7 nitrogen and oxygen atoms in total. The molecular formula is C20H21ClN4O3S. The highest BCUT2D eigenvalue weighted by molar-refractivity contribution is 7.99. The number of benzene rings is 2. The van der Waals surface area contributed by atoms with Gasteiger partial charge in [-0.2, -0.15) is 0 Å². The standard InChI is InChI=1S/C20H21ClN4O3S/c1-3-18-23-20(25-24-18)29-12-19(26)22-16-11-13(21)5-10-17(16)28-15-8-6-14(7-9-15)27-4-2/h5-11H,3-4,12H2,1-2H3,(H,22,26)(H,23,24,25). The van der Waals surface area contributed by atoms with Gasteiger partial charge in [-0.05, 0) is 49.4 Å². The van der Waals surface area contributed by atoms with Gasteiger partial charge >= 0.3 is 0 Å². The number of thioether (sulfide) groups is 1. The number of ether oxygens (including phenoxy) is 2. The summed E-state index contributed by atoms with van der Waals surface area (Å²) in [7, 11) is 0. The van der Waals surface area contributed by atoms with Crippen LogP contribution in [0.5, 0.6) is 17.2 Å². The van der Waals surface area contributed by atoms with Gasteiger partial charge in [-0.3, -0.25) is 9.89 Å². The van der Waals surface area contributed by atoms with Gasteiger partial charge < -0.3 is 14.8 Å². The second kappa shape index (κ2) is 10.2. The van der Waals surface area contributed by atoms with E-state index in [-0.39, 0.29) is 11.7 Å². The maximum Gasteiger partial charge on any atom is 0.234 e. The Morgan fingerprint density at radius 3 is 2.62 bits per heavy atom. The molecule has 9 heteroatoms. The van der Waals surface area contributed by atoms with E-state index in [0.717, 1.165) is 18.0 Å². The first-order valence-corrected chi connectivity index (χ1v) is 10.5. The molecule has 2 aromatic carbocycles. The van der Waals surface area contributed by atoms with E-state index >= 15 is 0 Å². The average Bonchev–Trinajstić information content (AvgIpc) is 3.18. The van der Waals surface area contributed by atoms with E-state index in [1.54, 1.807) is 30.3 Å². The average molecular weight is 433 g/mol. The summed E-state index contributed by atoms with van der Waals surface area (Å²) < 4.78 is 11.3. The molecule has 0 radical (unpaired) electrons. The smallest absolute Gasteiger partial charge is 0.234 e. The van der Waals surface area contributed by atoms with Crippen LogP contribution in [0.15, 0.2) is 47.6 Å². The maximum absolute atomic E-state index is 12.4. The highest BCUT2D eigenvalue weighted by Gasteiger charge is 2.12. The molecule has 1 amide bonds. The van der Waals surface area contributed by atoms with Gasteiger partial charge in [0.05, 0.1) is 18.0 Å². The first kappa shape index (κ1) is 21.0. The molecule has 0 bridgehead atoms. The van der Waals surface area contributed by atoms with Crippen molar-refractivity contribution in [1.29, 1.82) is 0 Å². The lowest BCUT2D eigenvalue weighted by atomic mass is 10.2. The van der Waals surface area contributed by atoms with Crippen LogP contribution in [0.1, 0.15) is 19.7 Å². The molecule has 1 heterocycles. The second-order valence-corrected chi connectivity index (χ2v) is 7.28. The van der Waals surface area contributed by atoms with Crippen molar-refractivity contribution in [3.05, 3.63) is 53.3 Å². The number of rotatable bonds is 9. The summed E-state index contributed by atoms with van der Waals surface area (Å²) in [6.07, 6.45) is 0.758. The lowest BCUT2D eigenvalue weighted by molar-refractivity contribution is -0.113. The van der Waals surface area contributed by atoms with Gasteiger partial charge in [0.15, 0.2) is 5.75 Å². The molecule has 2 N–H and O–H groups in total. The van der Waals surface area contributed by atoms with E-state index in [4.69, 9.17) is 21.1 Å². The second-order valence-electron chi connectivity index (χ2n) is 5.90.